The number of hydrogen-bond donors (Lipinski definition) is 0. The van der Waals surface area contributed by atoms with E-state index in [1.807, 2.05) is 48.4 Å². The molecular formula is C19H22N6. The second-order valence-corrected chi connectivity index (χ2v) is 6.30. The largest absolute Gasteiger partial charge is 0.353 e. The molecule has 0 N–H and O–H groups in total. The second-order valence-electron chi connectivity index (χ2n) is 6.30. The number of aromatic nitrogens is 4. The molecule has 4 rings (SSSR count). The van der Waals surface area contributed by atoms with E-state index >= 15 is 0 Å². The van der Waals surface area contributed by atoms with Crippen LogP contribution >= 0.6 is 0 Å². The van der Waals surface area contributed by atoms with Gasteiger partial charge in [0.25, 0.3) is 0 Å². The summed E-state index contributed by atoms with van der Waals surface area (Å²) in [4.78, 5) is 14.0. The van der Waals surface area contributed by atoms with Gasteiger partial charge in [0.05, 0.1) is 6.54 Å². The molecule has 0 aliphatic carbocycles. The second kappa shape index (κ2) is 6.93. The minimum atomic E-state index is 0.831. The summed E-state index contributed by atoms with van der Waals surface area (Å²) in [6, 6.07) is 12.3. The topological polar surface area (TPSA) is 50.1 Å². The Morgan fingerprint density at radius 3 is 2.76 bits per heavy atom. The highest BCUT2D eigenvalue weighted by molar-refractivity contribution is 5.53. The van der Waals surface area contributed by atoms with Gasteiger partial charge >= 0.3 is 0 Å². The van der Waals surface area contributed by atoms with E-state index in [1.165, 1.54) is 5.56 Å². The van der Waals surface area contributed by atoms with Crippen molar-refractivity contribution in [1.29, 1.82) is 0 Å². The molecule has 0 unspecified atom stereocenters. The summed E-state index contributed by atoms with van der Waals surface area (Å²) in [5.41, 5.74) is 2.29. The minimum Gasteiger partial charge on any atom is -0.353 e. The molecule has 0 radical (unpaired) electrons. The van der Waals surface area contributed by atoms with Gasteiger partial charge in [-0.1, -0.05) is 12.1 Å². The molecule has 0 fully saturated rings. The van der Waals surface area contributed by atoms with E-state index in [2.05, 4.69) is 38.1 Å². The summed E-state index contributed by atoms with van der Waals surface area (Å²) < 4.78 is 1.97. The fraction of sp³-hybridized carbons (Fsp3) is 0.316. The van der Waals surface area contributed by atoms with Gasteiger partial charge in [-0.2, -0.15) is 5.10 Å². The molecule has 0 amide bonds. The first-order valence-electron chi connectivity index (χ1n) is 8.64. The third-order valence-electron chi connectivity index (χ3n) is 4.53. The third kappa shape index (κ3) is 3.47. The maximum atomic E-state index is 4.83. The van der Waals surface area contributed by atoms with Crippen LogP contribution in [0.3, 0.4) is 0 Å². The van der Waals surface area contributed by atoms with Gasteiger partial charge in [-0.05, 0) is 31.2 Å². The zero-order valence-electron chi connectivity index (χ0n) is 14.4. The van der Waals surface area contributed by atoms with Crippen molar-refractivity contribution in [3.05, 3.63) is 66.2 Å². The normalized spacial score (nSPS) is 14.3. The number of fused-ring (bicyclic) bond motifs is 1. The number of hydrogen-bond acceptors (Lipinski definition) is 5. The predicted octanol–water partition coefficient (Wildman–Crippen LogP) is 2.51. The zero-order chi connectivity index (χ0) is 17.1. The molecule has 0 bridgehead atoms. The molecule has 3 aromatic heterocycles. The van der Waals surface area contributed by atoms with Gasteiger partial charge in [-0.15, -0.1) is 0 Å². The van der Waals surface area contributed by atoms with Crippen molar-refractivity contribution >= 4 is 11.6 Å². The lowest BCUT2D eigenvalue weighted by molar-refractivity contribution is 0.593. The highest BCUT2D eigenvalue weighted by Crippen LogP contribution is 2.25. The molecule has 4 heterocycles. The monoisotopic (exact) mass is 334 g/mol. The van der Waals surface area contributed by atoms with Gasteiger partial charge in [0.15, 0.2) is 0 Å². The van der Waals surface area contributed by atoms with Gasteiger partial charge in [-0.3, -0.25) is 4.68 Å². The molecule has 1 aliphatic rings. The van der Waals surface area contributed by atoms with Crippen molar-refractivity contribution in [2.75, 3.05) is 29.4 Å². The Hall–Kier alpha value is -2.89. The van der Waals surface area contributed by atoms with Crippen molar-refractivity contribution in [3.8, 4) is 0 Å². The van der Waals surface area contributed by atoms with Gasteiger partial charge in [0.2, 0.25) is 0 Å². The number of anilines is 2. The van der Waals surface area contributed by atoms with Crippen LogP contribution in [0.15, 0.2) is 55.0 Å². The van der Waals surface area contributed by atoms with E-state index in [-0.39, 0.29) is 0 Å². The van der Waals surface area contributed by atoms with Crippen LogP contribution in [0.1, 0.15) is 11.3 Å². The average molecular weight is 334 g/mol. The molecule has 0 saturated heterocycles. The van der Waals surface area contributed by atoms with Gasteiger partial charge in [0, 0.05) is 56.0 Å². The molecule has 1 aliphatic heterocycles. The van der Waals surface area contributed by atoms with E-state index in [4.69, 9.17) is 4.98 Å². The van der Waals surface area contributed by atoms with Crippen LogP contribution in [0.2, 0.25) is 0 Å². The Morgan fingerprint density at radius 1 is 1.00 bits per heavy atom. The number of rotatable bonds is 4. The summed E-state index contributed by atoms with van der Waals surface area (Å²) in [7, 11) is 0. The Bertz CT molecular complexity index is 815. The molecule has 0 aromatic carbocycles. The lowest BCUT2D eigenvalue weighted by Gasteiger charge is -2.24. The van der Waals surface area contributed by atoms with Crippen molar-refractivity contribution in [2.24, 2.45) is 0 Å². The first kappa shape index (κ1) is 15.6. The van der Waals surface area contributed by atoms with Crippen LogP contribution < -0.4 is 9.80 Å². The molecule has 0 atom stereocenters. The van der Waals surface area contributed by atoms with Crippen molar-refractivity contribution in [3.63, 3.8) is 0 Å². The Morgan fingerprint density at radius 2 is 1.96 bits per heavy atom. The van der Waals surface area contributed by atoms with E-state index in [0.29, 0.717) is 0 Å². The molecule has 25 heavy (non-hydrogen) atoms. The summed E-state index contributed by atoms with van der Waals surface area (Å²) in [6.07, 6.45) is 5.67. The van der Waals surface area contributed by atoms with E-state index in [1.54, 1.807) is 0 Å². The lowest BCUT2D eigenvalue weighted by atomic mass is 10.2. The fourth-order valence-corrected chi connectivity index (χ4v) is 3.21. The van der Waals surface area contributed by atoms with Crippen LogP contribution in [0.5, 0.6) is 0 Å². The fourth-order valence-electron chi connectivity index (χ4n) is 3.21. The molecule has 0 saturated carbocycles. The Kier molecular flexibility index (Phi) is 4.33. The average Bonchev–Trinajstić information content (AvgIpc) is 3.09. The van der Waals surface area contributed by atoms with Gasteiger partial charge in [-0.25, -0.2) is 9.97 Å². The quantitative estimate of drug-likeness (QED) is 0.734. The maximum absolute atomic E-state index is 4.83. The van der Waals surface area contributed by atoms with Crippen LogP contribution in [0, 0.1) is 6.92 Å². The summed E-state index contributed by atoms with van der Waals surface area (Å²) >= 11 is 0. The van der Waals surface area contributed by atoms with Gasteiger partial charge in [0.1, 0.15) is 11.6 Å². The molecule has 6 heteroatoms. The first-order chi connectivity index (χ1) is 12.3. The number of pyridine rings is 2. The summed E-state index contributed by atoms with van der Waals surface area (Å²) in [5.74, 6) is 2.11. The van der Waals surface area contributed by atoms with Gasteiger partial charge < -0.3 is 9.80 Å². The maximum Gasteiger partial charge on any atom is 0.133 e. The van der Waals surface area contributed by atoms with E-state index in [0.717, 1.165) is 50.1 Å². The van der Waals surface area contributed by atoms with Crippen molar-refractivity contribution < 1.29 is 0 Å². The predicted molar refractivity (Wildman–Crippen MR) is 98.7 cm³/mol. The summed E-state index contributed by atoms with van der Waals surface area (Å²) in [6.45, 7) is 6.46. The smallest absolute Gasteiger partial charge is 0.133 e. The third-order valence-corrected chi connectivity index (χ3v) is 4.53. The SMILES string of the molecule is Cc1ccc2c(n1)N(CCn1cccn1)CCN(c1ccccn1)C2. The lowest BCUT2D eigenvalue weighted by Crippen LogP contribution is -2.34. The van der Waals surface area contributed by atoms with E-state index in [9.17, 15) is 0 Å². The zero-order valence-corrected chi connectivity index (χ0v) is 14.4. The van der Waals surface area contributed by atoms with Crippen LogP contribution in [-0.2, 0) is 13.1 Å². The molecule has 0 spiro atoms. The minimum absolute atomic E-state index is 0.831. The molecule has 128 valence electrons. The standard InChI is InChI=1S/C19H22N6/c1-16-6-7-17-15-24(18-5-2-3-8-20-18)12-11-23(19(17)22-16)13-14-25-10-4-9-21-25/h2-10H,11-15H2,1H3. The van der Waals surface area contributed by atoms with Crippen LogP contribution in [0.4, 0.5) is 11.6 Å². The number of aryl methyl sites for hydroxylation is 1. The van der Waals surface area contributed by atoms with Crippen molar-refractivity contribution in [2.45, 2.75) is 20.0 Å². The van der Waals surface area contributed by atoms with Crippen LogP contribution in [0.25, 0.3) is 0 Å². The van der Waals surface area contributed by atoms with Crippen molar-refractivity contribution in [1.82, 2.24) is 19.7 Å². The number of nitrogens with zero attached hydrogens (tertiary/aromatic N) is 6. The van der Waals surface area contributed by atoms with E-state index < -0.39 is 0 Å². The molecule has 6 nitrogen and oxygen atoms in total. The molecule has 3 aromatic rings. The highest BCUT2D eigenvalue weighted by Gasteiger charge is 2.21. The van der Waals surface area contributed by atoms with Crippen LogP contribution in [-0.4, -0.2) is 39.4 Å². The molecular weight excluding hydrogens is 312 g/mol. The Labute approximate surface area is 147 Å². The summed E-state index contributed by atoms with van der Waals surface area (Å²) in [5, 5.41) is 4.31. The highest BCUT2D eigenvalue weighted by atomic mass is 15.3. The Balaban J connectivity index is 1.60. The first-order valence-corrected chi connectivity index (χ1v) is 8.64.